The molecule has 0 aromatic heterocycles. The largest absolute Gasteiger partial charge is 0.328 e. The molecule has 0 fully saturated rings. The summed E-state index contributed by atoms with van der Waals surface area (Å²) >= 11 is 0. The fourth-order valence-electron chi connectivity index (χ4n) is 1.94. The van der Waals surface area contributed by atoms with Crippen molar-refractivity contribution >= 4 is 8.40 Å². The van der Waals surface area contributed by atoms with Gasteiger partial charge in [-0.2, -0.15) is 0 Å². The molecule has 0 rings (SSSR count). The predicted molar refractivity (Wildman–Crippen MR) is 63.3 cm³/mol. The Hall–Kier alpha value is 0.137. The number of unbranched alkanes of at least 4 members (excludes halogenated alkanes) is 1. The van der Waals surface area contributed by atoms with Crippen LogP contribution < -0.4 is 9.96 Å². The zero-order valence-corrected chi connectivity index (χ0v) is 11.1. The first-order valence-electron chi connectivity index (χ1n) is 5.31. The lowest BCUT2D eigenvalue weighted by Crippen LogP contribution is -2.65. The zero-order chi connectivity index (χ0) is 10.5. The minimum absolute atomic E-state index is 0.381. The zero-order valence-electron chi connectivity index (χ0n) is 10.1. The highest BCUT2D eigenvalue weighted by molar-refractivity contribution is 6.77. The van der Waals surface area contributed by atoms with Gasteiger partial charge in [-0.05, 0) is 25.2 Å². The van der Waals surface area contributed by atoms with E-state index in [1.807, 2.05) is 0 Å². The van der Waals surface area contributed by atoms with Gasteiger partial charge in [0, 0.05) is 0 Å². The molecule has 0 heterocycles. The van der Waals surface area contributed by atoms with Gasteiger partial charge in [-0.25, -0.2) is 0 Å². The molecule has 0 atom stereocenters. The lowest BCUT2D eigenvalue weighted by molar-refractivity contribution is 0.648. The molecular formula is C10H26N2Si. The van der Waals surface area contributed by atoms with E-state index in [1.165, 1.54) is 18.9 Å². The molecule has 3 heteroatoms. The first kappa shape index (κ1) is 13.1. The van der Waals surface area contributed by atoms with Gasteiger partial charge in [0.2, 0.25) is 8.40 Å². The molecule has 0 aromatic rings. The maximum Gasteiger partial charge on any atom is 0.206 e. The second kappa shape index (κ2) is 5.13. The average Bonchev–Trinajstić information content (AvgIpc) is 2.05. The molecule has 0 saturated carbocycles. The minimum Gasteiger partial charge on any atom is -0.328 e. The van der Waals surface area contributed by atoms with Crippen molar-refractivity contribution in [3.05, 3.63) is 0 Å². The van der Waals surface area contributed by atoms with Crippen LogP contribution in [0.5, 0.6) is 0 Å². The van der Waals surface area contributed by atoms with Crippen LogP contribution in [0.1, 0.15) is 40.5 Å². The molecular weight excluding hydrogens is 176 g/mol. The van der Waals surface area contributed by atoms with Crippen LogP contribution in [0.4, 0.5) is 0 Å². The van der Waals surface area contributed by atoms with Crippen molar-refractivity contribution in [2.24, 2.45) is 0 Å². The van der Waals surface area contributed by atoms with Crippen molar-refractivity contribution in [2.75, 3.05) is 14.1 Å². The van der Waals surface area contributed by atoms with Crippen LogP contribution in [0.2, 0.25) is 11.1 Å². The Balaban J connectivity index is 4.50. The SMILES string of the molecule is CCCC[Si](NC)(NC)C(C)(C)C. The molecule has 2 nitrogen and oxygen atoms in total. The topological polar surface area (TPSA) is 24.1 Å². The maximum atomic E-state index is 3.57. The Morgan fingerprint density at radius 1 is 1.08 bits per heavy atom. The van der Waals surface area contributed by atoms with Gasteiger partial charge in [-0.1, -0.05) is 40.5 Å². The summed E-state index contributed by atoms with van der Waals surface area (Å²) in [5, 5.41) is 0.381. The number of nitrogens with one attached hydrogen (secondary N) is 2. The Labute approximate surface area is 84.7 Å². The molecule has 0 unspecified atom stereocenters. The third kappa shape index (κ3) is 3.08. The molecule has 0 aliphatic rings. The third-order valence-corrected chi connectivity index (χ3v) is 8.41. The van der Waals surface area contributed by atoms with E-state index in [0.717, 1.165) is 0 Å². The molecule has 0 bridgehead atoms. The first-order chi connectivity index (χ1) is 5.93. The molecule has 2 N–H and O–H groups in total. The average molecular weight is 202 g/mol. The minimum atomic E-state index is -1.47. The molecule has 13 heavy (non-hydrogen) atoms. The van der Waals surface area contributed by atoms with Gasteiger partial charge < -0.3 is 9.96 Å². The van der Waals surface area contributed by atoms with E-state index < -0.39 is 8.40 Å². The number of hydrogen-bond donors (Lipinski definition) is 2. The Kier molecular flexibility index (Phi) is 5.18. The summed E-state index contributed by atoms with van der Waals surface area (Å²) in [6.07, 6.45) is 2.61. The van der Waals surface area contributed by atoms with Gasteiger partial charge in [0.1, 0.15) is 0 Å². The van der Waals surface area contributed by atoms with Crippen molar-refractivity contribution in [2.45, 2.75) is 51.6 Å². The summed E-state index contributed by atoms with van der Waals surface area (Å²) in [5.41, 5.74) is 0. The van der Waals surface area contributed by atoms with Crippen LogP contribution in [0.15, 0.2) is 0 Å². The monoisotopic (exact) mass is 202 g/mol. The van der Waals surface area contributed by atoms with Crippen LogP contribution in [0.25, 0.3) is 0 Å². The molecule has 80 valence electrons. The maximum absolute atomic E-state index is 3.57. The lowest BCUT2D eigenvalue weighted by Gasteiger charge is -2.42. The van der Waals surface area contributed by atoms with Gasteiger partial charge in [-0.15, -0.1) is 0 Å². The van der Waals surface area contributed by atoms with Crippen molar-refractivity contribution < 1.29 is 0 Å². The summed E-state index contributed by atoms with van der Waals surface area (Å²) in [6, 6.07) is 1.32. The molecule has 0 aromatic carbocycles. The second-order valence-corrected chi connectivity index (χ2v) is 9.57. The van der Waals surface area contributed by atoms with E-state index in [9.17, 15) is 0 Å². The number of rotatable bonds is 5. The lowest BCUT2D eigenvalue weighted by atomic mass is 10.2. The van der Waals surface area contributed by atoms with Crippen LogP contribution >= 0.6 is 0 Å². The second-order valence-electron chi connectivity index (χ2n) is 4.76. The Bertz CT molecular complexity index is 136. The highest BCUT2D eigenvalue weighted by atomic mass is 28.3. The Morgan fingerprint density at radius 3 is 1.77 bits per heavy atom. The quantitative estimate of drug-likeness (QED) is 0.669. The molecule has 0 aliphatic carbocycles. The van der Waals surface area contributed by atoms with Gasteiger partial charge in [0.15, 0.2) is 0 Å². The van der Waals surface area contributed by atoms with Gasteiger partial charge in [0.05, 0.1) is 0 Å². The van der Waals surface area contributed by atoms with E-state index in [4.69, 9.17) is 0 Å². The molecule has 0 radical (unpaired) electrons. The van der Waals surface area contributed by atoms with Crippen molar-refractivity contribution in [1.29, 1.82) is 0 Å². The van der Waals surface area contributed by atoms with Crippen LogP contribution in [0, 0.1) is 0 Å². The van der Waals surface area contributed by atoms with E-state index in [0.29, 0.717) is 5.04 Å². The smallest absolute Gasteiger partial charge is 0.206 e. The highest BCUT2D eigenvalue weighted by Gasteiger charge is 2.41. The van der Waals surface area contributed by atoms with Crippen molar-refractivity contribution in [3.8, 4) is 0 Å². The summed E-state index contributed by atoms with van der Waals surface area (Å²) in [5.74, 6) is 0. The summed E-state index contributed by atoms with van der Waals surface area (Å²) in [4.78, 5) is 7.14. The fourth-order valence-corrected chi connectivity index (χ4v) is 5.83. The summed E-state index contributed by atoms with van der Waals surface area (Å²) in [6.45, 7) is 9.26. The van der Waals surface area contributed by atoms with Gasteiger partial charge >= 0.3 is 0 Å². The number of hydrogen-bond acceptors (Lipinski definition) is 2. The van der Waals surface area contributed by atoms with Crippen LogP contribution in [-0.2, 0) is 0 Å². The van der Waals surface area contributed by atoms with Gasteiger partial charge in [-0.3, -0.25) is 0 Å². The molecule has 0 spiro atoms. The normalized spacial score (nSPS) is 13.4. The van der Waals surface area contributed by atoms with E-state index in [1.54, 1.807) is 0 Å². The highest BCUT2D eigenvalue weighted by Crippen LogP contribution is 2.35. The Morgan fingerprint density at radius 2 is 1.54 bits per heavy atom. The van der Waals surface area contributed by atoms with Crippen molar-refractivity contribution in [1.82, 2.24) is 9.96 Å². The fraction of sp³-hybridized carbons (Fsp3) is 1.00. The first-order valence-corrected chi connectivity index (χ1v) is 7.52. The molecule has 0 saturated heterocycles. The van der Waals surface area contributed by atoms with E-state index >= 15 is 0 Å². The molecule has 0 aliphatic heterocycles. The standard InChI is InChI=1S/C10H26N2Si/c1-7-8-9-13(11-5,12-6)10(2,3)4/h11-12H,7-9H2,1-6H3. The van der Waals surface area contributed by atoms with Crippen LogP contribution in [-0.4, -0.2) is 22.5 Å². The molecule has 0 amide bonds. The summed E-state index contributed by atoms with van der Waals surface area (Å²) in [7, 11) is 2.74. The van der Waals surface area contributed by atoms with E-state index in [-0.39, 0.29) is 0 Å². The summed E-state index contributed by atoms with van der Waals surface area (Å²) < 4.78 is 0. The van der Waals surface area contributed by atoms with E-state index in [2.05, 4.69) is 51.8 Å². The van der Waals surface area contributed by atoms with Crippen molar-refractivity contribution in [3.63, 3.8) is 0 Å². The van der Waals surface area contributed by atoms with Gasteiger partial charge in [0.25, 0.3) is 0 Å². The third-order valence-electron chi connectivity index (χ3n) is 3.04. The van der Waals surface area contributed by atoms with Crippen LogP contribution in [0.3, 0.4) is 0 Å². The predicted octanol–water partition coefficient (Wildman–Crippen LogP) is 2.47.